The van der Waals surface area contributed by atoms with E-state index in [4.69, 9.17) is 0 Å². The molecule has 0 fully saturated rings. The Hall–Kier alpha value is -2.69. The molecule has 0 aliphatic carbocycles. The average Bonchev–Trinajstić information content (AvgIpc) is 2.48. The topological polar surface area (TPSA) is 58.2 Å². The second kappa shape index (κ2) is 5.36. The minimum Gasteiger partial charge on any atom is -0.352 e. The quantitative estimate of drug-likeness (QED) is 0.889. The molecule has 3 rings (SSSR count). The molecule has 1 heterocycles. The van der Waals surface area contributed by atoms with Crippen molar-refractivity contribution in [2.24, 2.45) is 0 Å². The predicted molar refractivity (Wildman–Crippen MR) is 76.8 cm³/mol. The number of fused-ring (bicyclic) bond motifs is 1. The van der Waals surface area contributed by atoms with Crippen molar-refractivity contribution in [2.75, 3.05) is 11.9 Å². The number of halogens is 1. The lowest BCUT2D eigenvalue weighted by Crippen LogP contribution is -2.31. The fourth-order valence-corrected chi connectivity index (χ4v) is 2.32. The van der Waals surface area contributed by atoms with Crippen LogP contribution in [-0.2, 0) is 6.42 Å². The Morgan fingerprint density at radius 3 is 2.86 bits per heavy atom. The fourth-order valence-electron chi connectivity index (χ4n) is 2.32. The van der Waals surface area contributed by atoms with Crippen LogP contribution in [0.3, 0.4) is 0 Å². The van der Waals surface area contributed by atoms with E-state index in [1.54, 1.807) is 12.1 Å². The van der Waals surface area contributed by atoms with Gasteiger partial charge in [-0.25, -0.2) is 4.39 Å². The van der Waals surface area contributed by atoms with Crippen LogP contribution in [0.4, 0.5) is 10.1 Å². The van der Waals surface area contributed by atoms with Gasteiger partial charge in [-0.05, 0) is 42.3 Å². The van der Waals surface area contributed by atoms with Crippen molar-refractivity contribution < 1.29 is 14.0 Å². The third-order valence-corrected chi connectivity index (χ3v) is 3.38. The maximum atomic E-state index is 13.1. The summed E-state index contributed by atoms with van der Waals surface area (Å²) >= 11 is 0. The minimum atomic E-state index is -0.465. The second-order valence-corrected chi connectivity index (χ2v) is 4.84. The Kier molecular flexibility index (Phi) is 3.39. The largest absolute Gasteiger partial charge is 0.352 e. The summed E-state index contributed by atoms with van der Waals surface area (Å²) in [5, 5.41) is 5.43. The number of hydrogen-bond donors (Lipinski definition) is 2. The molecule has 2 N–H and O–H groups in total. The zero-order chi connectivity index (χ0) is 14.8. The van der Waals surface area contributed by atoms with Crippen molar-refractivity contribution in [1.29, 1.82) is 0 Å². The number of hydrogen-bond acceptors (Lipinski definition) is 2. The molecule has 2 amide bonds. The first-order chi connectivity index (χ1) is 10.1. The summed E-state index contributed by atoms with van der Waals surface area (Å²) in [5.74, 6) is -1.02. The van der Waals surface area contributed by atoms with E-state index >= 15 is 0 Å². The van der Waals surface area contributed by atoms with Gasteiger partial charge in [0.05, 0.1) is 0 Å². The van der Waals surface area contributed by atoms with Gasteiger partial charge in [0.2, 0.25) is 0 Å². The van der Waals surface area contributed by atoms with Gasteiger partial charge in [-0.3, -0.25) is 9.59 Å². The van der Waals surface area contributed by atoms with Crippen LogP contribution in [0.15, 0.2) is 42.5 Å². The van der Waals surface area contributed by atoms with E-state index in [9.17, 15) is 14.0 Å². The molecule has 2 aromatic rings. The van der Waals surface area contributed by atoms with Crippen LogP contribution in [0.25, 0.3) is 0 Å². The van der Waals surface area contributed by atoms with Crippen molar-refractivity contribution in [2.45, 2.75) is 6.42 Å². The molecule has 0 saturated heterocycles. The number of carbonyl (C=O) groups excluding carboxylic acids is 2. The van der Waals surface area contributed by atoms with Gasteiger partial charge in [-0.1, -0.05) is 12.1 Å². The number of rotatable bonds is 2. The van der Waals surface area contributed by atoms with Crippen molar-refractivity contribution >= 4 is 17.5 Å². The standard InChI is InChI=1S/C16H13FN2O2/c17-12-3-1-2-11(8-12)15(20)19-13-5-4-10-6-7-18-16(21)14(10)9-13/h1-5,8-9H,6-7H2,(H,18,21)(H,19,20). The molecule has 4 nitrogen and oxygen atoms in total. The summed E-state index contributed by atoms with van der Waals surface area (Å²) in [7, 11) is 0. The van der Waals surface area contributed by atoms with Gasteiger partial charge >= 0.3 is 0 Å². The Bertz CT molecular complexity index is 728. The molecule has 0 radical (unpaired) electrons. The summed E-state index contributed by atoms with van der Waals surface area (Å²) < 4.78 is 13.1. The predicted octanol–water partition coefficient (Wildman–Crippen LogP) is 2.36. The molecule has 21 heavy (non-hydrogen) atoms. The van der Waals surface area contributed by atoms with Gasteiger partial charge in [0.1, 0.15) is 5.82 Å². The van der Waals surface area contributed by atoms with Crippen LogP contribution < -0.4 is 10.6 Å². The van der Waals surface area contributed by atoms with Crippen LogP contribution >= 0.6 is 0 Å². The third-order valence-electron chi connectivity index (χ3n) is 3.38. The zero-order valence-electron chi connectivity index (χ0n) is 11.2. The van der Waals surface area contributed by atoms with Gasteiger partial charge < -0.3 is 10.6 Å². The molecule has 0 spiro atoms. The number of anilines is 1. The van der Waals surface area contributed by atoms with E-state index in [0.717, 1.165) is 12.0 Å². The van der Waals surface area contributed by atoms with Crippen LogP contribution in [0.2, 0.25) is 0 Å². The Morgan fingerprint density at radius 1 is 1.19 bits per heavy atom. The minimum absolute atomic E-state index is 0.141. The lowest BCUT2D eigenvalue weighted by atomic mass is 10.00. The van der Waals surface area contributed by atoms with Crippen molar-refractivity contribution in [3.8, 4) is 0 Å². The highest BCUT2D eigenvalue weighted by Crippen LogP contribution is 2.19. The van der Waals surface area contributed by atoms with Crippen LogP contribution in [-0.4, -0.2) is 18.4 Å². The molecule has 2 aromatic carbocycles. The second-order valence-electron chi connectivity index (χ2n) is 4.84. The number of benzene rings is 2. The van der Waals surface area contributed by atoms with E-state index in [1.165, 1.54) is 24.3 Å². The number of carbonyl (C=O) groups is 2. The lowest BCUT2D eigenvalue weighted by molar-refractivity contribution is 0.0944. The van der Waals surface area contributed by atoms with Gasteiger partial charge in [0.15, 0.2) is 0 Å². The fraction of sp³-hybridized carbons (Fsp3) is 0.125. The maximum absolute atomic E-state index is 13.1. The van der Waals surface area contributed by atoms with E-state index < -0.39 is 11.7 Å². The first-order valence-corrected chi connectivity index (χ1v) is 6.61. The smallest absolute Gasteiger partial charge is 0.255 e. The van der Waals surface area contributed by atoms with Gasteiger partial charge in [0.25, 0.3) is 11.8 Å². The van der Waals surface area contributed by atoms with Crippen LogP contribution in [0.1, 0.15) is 26.3 Å². The van der Waals surface area contributed by atoms with E-state index in [0.29, 0.717) is 17.8 Å². The summed E-state index contributed by atoms with van der Waals surface area (Å²) in [5.41, 5.74) is 2.28. The first-order valence-electron chi connectivity index (χ1n) is 6.61. The normalized spacial score (nSPS) is 13.3. The van der Waals surface area contributed by atoms with Crippen LogP contribution in [0.5, 0.6) is 0 Å². The van der Waals surface area contributed by atoms with Gasteiger partial charge in [-0.15, -0.1) is 0 Å². The average molecular weight is 284 g/mol. The Morgan fingerprint density at radius 2 is 2.05 bits per heavy atom. The molecule has 0 bridgehead atoms. The number of amides is 2. The first kappa shape index (κ1) is 13.3. The van der Waals surface area contributed by atoms with Crippen molar-refractivity contribution in [3.05, 3.63) is 65.0 Å². The summed E-state index contributed by atoms with van der Waals surface area (Å²) in [4.78, 5) is 23.8. The number of nitrogens with one attached hydrogen (secondary N) is 2. The van der Waals surface area contributed by atoms with E-state index in [1.807, 2.05) is 6.07 Å². The maximum Gasteiger partial charge on any atom is 0.255 e. The van der Waals surface area contributed by atoms with E-state index in [-0.39, 0.29) is 11.5 Å². The van der Waals surface area contributed by atoms with Crippen molar-refractivity contribution in [3.63, 3.8) is 0 Å². The molecule has 5 heteroatoms. The van der Waals surface area contributed by atoms with Gasteiger partial charge in [-0.2, -0.15) is 0 Å². The summed E-state index contributed by atoms with van der Waals surface area (Å²) in [6.45, 7) is 0.626. The highest BCUT2D eigenvalue weighted by Gasteiger charge is 2.17. The molecule has 0 unspecified atom stereocenters. The molecule has 0 saturated carbocycles. The zero-order valence-corrected chi connectivity index (χ0v) is 11.2. The Balaban J connectivity index is 1.84. The lowest BCUT2D eigenvalue weighted by Gasteiger charge is -2.17. The highest BCUT2D eigenvalue weighted by atomic mass is 19.1. The molecule has 0 aromatic heterocycles. The monoisotopic (exact) mass is 284 g/mol. The molecule has 1 aliphatic rings. The SMILES string of the molecule is O=C(Nc1ccc2c(c1)C(=O)NCC2)c1cccc(F)c1. The highest BCUT2D eigenvalue weighted by molar-refractivity contribution is 6.05. The summed E-state index contributed by atoms with van der Waals surface area (Å²) in [6.07, 6.45) is 0.777. The van der Waals surface area contributed by atoms with E-state index in [2.05, 4.69) is 10.6 Å². The molecule has 0 atom stereocenters. The van der Waals surface area contributed by atoms with Crippen molar-refractivity contribution in [1.82, 2.24) is 5.32 Å². The Labute approximate surface area is 121 Å². The molecular formula is C16H13FN2O2. The molecule has 1 aliphatic heterocycles. The van der Waals surface area contributed by atoms with Gasteiger partial charge in [0, 0.05) is 23.4 Å². The van der Waals surface area contributed by atoms with Crippen LogP contribution in [0, 0.1) is 5.82 Å². The summed E-state index contributed by atoms with van der Waals surface area (Å²) in [6, 6.07) is 10.7. The molecular weight excluding hydrogens is 271 g/mol. The third kappa shape index (κ3) is 2.76. The molecule has 106 valence electrons.